The number of anilines is 1. The zero-order chi connectivity index (χ0) is 19.7. The molecule has 1 aliphatic rings. The van der Waals surface area contributed by atoms with Gasteiger partial charge in [0.2, 0.25) is 11.7 Å². The molecule has 0 atom stereocenters. The number of halogens is 2. The Balaban J connectivity index is 1.61. The number of benzene rings is 1. The van der Waals surface area contributed by atoms with E-state index in [0.717, 1.165) is 11.3 Å². The Kier molecular flexibility index (Phi) is 4.77. The lowest BCUT2D eigenvalue weighted by atomic mass is 10.1. The first-order valence-electron chi connectivity index (χ1n) is 8.73. The molecule has 3 aromatic rings. The standard InChI is InChI=1S/C20H18F2N4O2/c1-27-17-9-13(8-14(21)19(17)22)26-7-6-15-12(11-26)10-23-20(25-15)16-4-3-5-18(24-16)28-2/h3-5,8-10H,6-7,11H2,1-2H3. The zero-order valence-electron chi connectivity index (χ0n) is 15.4. The molecule has 0 fully saturated rings. The third-order valence-corrected chi connectivity index (χ3v) is 4.66. The van der Waals surface area contributed by atoms with E-state index in [1.54, 1.807) is 19.4 Å². The third-order valence-electron chi connectivity index (χ3n) is 4.66. The summed E-state index contributed by atoms with van der Waals surface area (Å²) in [5.41, 5.74) is 3.04. The molecule has 28 heavy (non-hydrogen) atoms. The van der Waals surface area contributed by atoms with Crippen LogP contribution in [0.25, 0.3) is 11.5 Å². The molecule has 6 nitrogen and oxygen atoms in total. The van der Waals surface area contributed by atoms with Gasteiger partial charge in [0.15, 0.2) is 17.4 Å². The van der Waals surface area contributed by atoms with Crippen molar-refractivity contribution < 1.29 is 18.3 Å². The van der Waals surface area contributed by atoms with E-state index in [2.05, 4.69) is 15.0 Å². The largest absolute Gasteiger partial charge is 0.493 e. The summed E-state index contributed by atoms with van der Waals surface area (Å²) in [5.74, 6) is -1.01. The van der Waals surface area contributed by atoms with Gasteiger partial charge < -0.3 is 14.4 Å². The van der Waals surface area contributed by atoms with Crippen LogP contribution in [-0.2, 0) is 13.0 Å². The highest BCUT2D eigenvalue weighted by Crippen LogP contribution is 2.30. The molecule has 0 aliphatic carbocycles. The average Bonchev–Trinajstić information content (AvgIpc) is 2.74. The van der Waals surface area contributed by atoms with Crippen molar-refractivity contribution in [3.63, 3.8) is 0 Å². The van der Waals surface area contributed by atoms with Crippen molar-refractivity contribution >= 4 is 5.69 Å². The van der Waals surface area contributed by atoms with E-state index in [1.807, 2.05) is 17.0 Å². The van der Waals surface area contributed by atoms with Gasteiger partial charge >= 0.3 is 0 Å². The Labute approximate surface area is 160 Å². The molecule has 8 heteroatoms. The van der Waals surface area contributed by atoms with Crippen LogP contribution in [0.1, 0.15) is 11.3 Å². The first-order valence-corrected chi connectivity index (χ1v) is 8.73. The lowest BCUT2D eigenvalue weighted by molar-refractivity contribution is 0.372. The van der Waals surface area contributed by atoms with Crippen LogP contribution in [0.3, 0.4) is 0 Å². The zero-order valence-corrected chi connectivity index (χ0v) is 15.4. The minimum atomic E-state index is -0.984. The van der Waals surface area contributed by atoms with Crippen LogP contribution < -0.4 is 14.4 Å². The van der Waals surface area contributed by atoms with Crippen LogP contribution in [0.5, 0.6) is 11.6 Å². The molecule has 0 radical (unpaired) electrons. The number of hydrogen-bond donors (Lipinski definition) is 0. The number of rotatable bonds is 4. The van der Waals surface area contributed by atoms with Crippen molar-refractivity contribution in [2.24, 2.45) is 0 Å². The smallest absolute Gasteiger partial charge is 0.213 e. The van der Waals surface area contributed by atoms with E-state index in [0.29, 0.717) is 42.6 Å². The highest BCUT2D eigenvalue weighted by atomic mass is 19.2. The van der Waals surface area contributed by atoms with Crippen molar-refractivity contribution in [2.75, 3.05) is 25.7 Å². The van der Waals surface area contributed by atoms with Gasteiger partial charge in [-0.2, -0.15) is 4.39 Å². The van der Waals surface area contributed by atoms with Gasteiger partial charge in [-0.05, 0) is 6.07 Å². The summed E-state index contributed by atoms with van der Waals surface area (Å²) in [6.45, 7) is 1.11. The fourth-order valence-corrected chi connectivity index (χ4v) is 3.19. The Bertz CT molecular complexity index is 1030. The number of pyridine rings is 1. The molecule has 4 rings (SSSR count). The van der Waals surface area contributed by atoms with Crippen LogP contribution >= 0.6 is 0 Å². The summed E-state index contributed by atoms with van der Waals surface area (Å²) in [7, 11) is 2.87. The quantitative estimate of drug-likeness (QED) is 0.687. The molecule has 0 bridgehead atoms. The predicted molar refractivity (Wildman–Crippen MR) is 99.5 cm³/mol. The lowest BCUT2D eigenvalue weighted by Crippen LogP contribution is -2.31. The first kappa shape index (κ1) is 18.1. The predicted octanol–water partition coefficient (Wildman–Crippen LogP) is 3.40. The van der Waals surface area contributed by atoms with Crippen LogP contribution in [0.2, 0.25) is 0 Å². The molecule has 2 aromatic heterocycles. The van der Waals surface area contributed by atoms with Crippen LogP contribution in [0.4, 0.5) is 14.5 Å². The molecule has 0 spiro atoms. The Morgan fingerprint density at radius 2 is 1.93 bits per heavy atom. The number of fused-ring (bicyclic) bond motifs is 1. The van der Waals surface area contributed by atoms with Gasteiger partial charge in [-0.25, -0.2) is 19.3 Å². The Morgan fingerprint density at radius 3 is 2.71 bits per heavy atom. The minimum absolute atomic E-state index is 0.114. The molecular weight excluding hydrogens is 366 g/mol. The second-order valence-corrected chi connectivity index (χ2v) is 6.35. The van der Waals surface area contributed by atoms with Gasteiger partial charge in [0.1, 0.15) is 5.69 Å². The Morgan fingerprint density at radius 1 is 1.07 bits per heavy atom. The van der Waals surface area contributed by atoms with Crippen molar-refractivity contribution in [3.8, 4) is 23.1 Å². The number of methoxy groups -OCH3 is 2. The first-order chi connectivity index (χ1) is 13.6. The maximum absolute atomic E-state index is 13.9. The fourth-order valence-electron chi connectivity index (χ4n) is 3.19. The summed E-state index contributed by atoms with van der Waals surface area (Å²) in [5, 5.41) is 0. The number of aromatic nitrogens is 3. The van der Waals surface area contributed by atoms with Crippen LogP contribution in [0.15, 0.2) is 36.5 Å². The van der Waals surface area contributed by atoms with Crippen LogP contribution in [0, 0.1) is 11.6 Å². The van der Waals surface area contributed by atoms with E-state index < -0.39 is 11.6 Å². The summed E-state index contributed by atoms with van der Waals surface area (Å²) in [6.07, 6.45) is 2.40. The third kappa shape index (κ3) is 3.33. The van der Waals surface area contributed by atoms with E-state index in [1.165, 1.54) is 19.2 Å². The van der Waals surface area contributed by atoms with Gasteiger partial charge in [-0.1, -0.05) is 6.07 Å². The lowest BCUT2D eigenvalue weighted by Gasteiger charge is -2.30. The van der Waals surface area contributed by atoms with Gasteiger partial charge in [-0.15, -0.1) is 0 Å². The molecule has 0 N–H and O–H groups in total. The molecule has 1 aromatic carbocycles. The van der Waals surface area contributed by atoms with Gasteiger partial charge in [-0.3, -0.25) is 0 Å². The van der Waals surface area contributed by atoms with E-state index in [-0.39, 0.29) is 5.75 Å². The van der Waals surface area contributed by atoms with Gasteiger partial charge in [0.05, 0.1) is 19.9 Å². The molecule has 1 aliphatic heterocycles. The molecule has 0 amide bonds. The molecule has 0 saturated heterocycles. The minimum Gasteiger partial charge on any atom is -0.493 e. The summed E-state index contributed by atoms with van der Waals surface area (Å²) in [6, 6.07) is 8.10. The highest BCUT2D eigenvalue weighted by Gasteiger charge is 2.22. The molecule has 0 unspecified atom stereocenters. The van der Waals surface area contributed by atoms with E-state index in [4.69, 9.17) is 9.47 Å². The topological polar surface area (TPSA) is 60.4 Å². The number of nitrogens with zero attached hydrogens (tertiary/aromatic N) is 4. The number of ether oxygens (including phenoxy) is 2. The highest BCUT2D eigenvalue weighted by molar-refractivity contribution is 5.55. The van der Waals surface area contributed by atoms with Gasteiger partial charge in [0.25, 0.3) is 0 Å². The maximum Gasteiger partial charge on any atom is 0.213 e. The SMILES string of the molecule is COc1cccc(-c2ncc3c(n2)CCN(c2cc(F)c(F)c(OC)c2)C3)n1. The summed E-state index contributed by atoms with van der Waals surface area (Å²) >= 11 is 0. The molecule has 3 heterocycles. The molecule has 144 valence electrons. The average molecular weight is 384 g/mol. The summed E-state index contributed by atoms with van der Waals surface area (Å²) in [4.78, 5) is 15.4. The van der Waals surface area contributed by atoms with E-state index in [9.17, 15) is 8.78 Å². The van der Waals surface area contributed by atoms with Crippen molar-refractivity contribution in [1.29, 1.82) is 0 Å². The summed E-state index contributed by atoms with van der Waals surface area (Å²) < 4.78 is 37.6. The Hall–Kier alpha value is -3.29. The molecule has 0 saturated carbocycles. The second kappa shape index (κ2) is 7.38. The van der Waals surface area contributed by atoms with Crippen LogP contribution in [-0.4, -0.2) is 35.7 Å². The van der Waals surface area contributed by atoms with Crippen molar-refractivity contribution in [3.05, 3.63) is 59.4 Å². The van der Waals surface area contributed by atoms with E-state index >= 15 is 0 Å². The monoisotopic (exact) mass is 384 g/mol. The maximum atomic E-state index is 13.9. The molecular formula is C20H18F2N4O2. The normalized spacial score (nSPS) is 13.2. The fraction of sp³-hybridized carbons (Fsp3) is 0.250. The van der Waals surface area contributed by atoms with Crippen molar-refractivity contribution in [1.82, 2.24) is 15.0 Å². The second-order valence-electron chi connectivity index (χ2n) is 6.35. The van der Waals surface area contributed by atoms with Crippen molar-refractivity contribution in [2.45, 2.75) is 13.0 Å². The number of hydrogen-bond acceptors (Lipinski definition) is 6. The van der Waals surface area contributed by atoms with Gasteiger partial charge in [0, 0.05) is 55.2 Å².